The molecule has 7 nitrogen and oxygen atoms in total. The van der Waals surface area contributed by atoms with Crippen molar-refractivity contribution in [2.45, 2.75) is 77.8 Å². The molecule has 2 aliphatic rings. The summed E-state index contributed by atoms with van der Waals surface area (Å²) in [6, 6.07) is 6.49. The highest BCUT2D eigenvalue weighted by Gasteiger charge is 2.31. The number of nitrogens with zero attached hydrogens (tertiary/aromatic N) is 4. The van der Waals surface area contributed by atoms with Gasteiger partial charge in [0.15, 0.2) is 0 Å². The van der Waals surface area contributed by atoms with Crippen LogP contribution in [0.1, 0.15) is 73.3 Å². The van der Waals surface area contributed by atoms with E-state index in [0.717, 1.165) is 87.9 Å². The summed E-state index contributed by atoms with van der Waals surface area (Å²) >= 11 is 12.2. The lowest BCUT2D eigenvalue weighted by molar-refractivity contribution is -0.125. The number of carbonyl (C=O) groups is 2. The van der Waals surface area contributed by atoms with Crippen LogP contribution in [0.2, 0.25) is 10.0 Å². The molecule has 2 fully saturated rings. The summed E-state index contributed by atoms with van der Waals surface area (Å²) in [5.74, 6) is 0.174. The minimum absolute atomic E-state index is 0.00388. The zero-order chi connectivity index (χ0) is 27.2. The van der Waals surface area contributed by atoms with Crippen molar-refractivity contribution in [3.8, 4) is 0 Å². The molecule has 0 aliphatic carbocycles. The van der Waals surface area contributed by atoms with Crippen molar-refractivity contribution < 1.29 is 9.59 Å². The van der Waals surface area contributed by atoms with Crippen LogP contribution in [0.4, 0.5) is 0 Å². The molecular formula is C29H39Cl2N5O2. The highest BCUT2D eigenvalue weighted by molar-refractivity contribution is 6.42. The Kier molecular flexibility index (Phi) is 10.0. The molecule has 1 aromatic carbocycles. The van der Waals surface area contributed by atoms with Crippen LogP contribution in [-0.4, -0.2) is 69.8 Å². The van der Waals surface area contributed by atoms with E-state index in [1.807, 2.05) is 43.9 Å². The lowest BCUT2D eigenvalue weighted by Gasteiger charge is -2.42. The maximum atomic E-state index is 13.4. The third-order valence-corrected chi connectivity index (χ3v) is 8.66. The van der Waals surface area contributed by atoms with Gasteiger partial charge in [0.25, 0.3) is 5.91 Å². The second kappa shape index (κ2) is 13.2. The van der Waals surface area contributed by atoms with Crippen LogP contribution < -0.4 is 5.32 Å². The van der Waals surface area contributed by atoms with E-state index in [4.69, 9.17) is 23.2 Å². The first-order valence-electron chi connectivity index (χ1n) is 13.8. The third kappa shape index (κ3) is 7.25. The third-order valence-electron chi connectivity index (χ3n) is 7.92. The lowest BCUT2D eigenvalue weighted by atomic mass is 9.97. The Morgan fingerprint density at radius 3 is 2.37 bits per heavy atom. The second-order valence-corrected chi connectivity index (χ2v) is 11.7. The predicted molar refractivity (Wildman–Crippen MR) is 152 cm³/mol. The van der Waals surface area contributed by atoms with Gasteiger partial charge >= 0.3 is 0 Å². The Bertz CT molecular complexity index is 1130. The molecule has 3 heterocycles. The largest absolute Gasteiger partial charge is 0.353 e. The van der Waals surface area contributed by atoms with Gasteiger partial charge in [0, 0.05) is 55.4 Å². The van der Waals surface area contributed by atoms with Crippen molar-refractivity contribution in [3.63, 3.8) is 0 Å². The number of aryl methyl sites for hydroxylation is 2. The molecule has 1 aromatic heterocycles. The van der Waals surface area contributed by atoms with Gasteiger partial charge < -0.3 is 15.1 Å². The molecule has 0 atom stereocenters. The minimum atomic E-state index is 0.00388. The van der Waals surface area contributed by atoms with E-state index in [2.05, 4.69) is 20.2 Å². The van der Waals surface area contributed by atoms with Crippen LogP contribution in [0.3, 0.4) is 0 Å². The average molecular weight is 561 g/mol. The summed E-state index contributed by atoms with van der Waals surface area (Å²) < 4.78 is 0. The first kappa shape index (κ1) is 28.8. The zero-order valence-electron chi connectivity index (χ0n) is 22.7. The van der Waals surface area contributed by atoms with Crippen LogP contribution in [0.5, 0.6) is 0 Å². The number of nitrogens with one attached hydrogen (secondary N) is 1. The van der Waals surface area contributed by atoms with Crippen molar-refractivity contribution in [1.82, 2.24) is 25.1 Å². The number of aromatic nitrogens is 2. The Balaban J connectivity index is 1.26. The highest BCUT2D eigenvalue weighted by Crippen LogP contribution is 2.25. The molecule has 2 amide bonds. The number of rotatable bonds is 8. The molecule has 0 radical (unpaired) electrons. The summed E-state index contributed by atoms with van der Waals surface area (Å²) in [7, 11) is 0. The van der Waals surface area contributed by atoms with Crippen LogP contribution in [0, 0.1) is 12.8 Å². The van der Waals surface area contributed by atoms with Gasteiger partial charge in [-0.3, -0.25) is 9.59 Å². The number of likely N-dealkylation sites (tertiary alicyclic amines) is 2. The molecular weight excluding hydrogens is 521 g/mol. The Hall–Kier alpha value is -2.22. The van der Waals surface area contributed by atoms with Gasteiger partial charge in [-0.25, -0.2) is 9.97 Å². The molecule has 0 unspecified atom stereocenters. The number of carbonyl (C=O) groups excluding carboxylic acids is 2. The van der Waals surface area contributed by atoms with E-state index in [1.165, 1.54) is 6.33 Å². The number of piperidine rings is 2. The average Bonchev–Trinajstić information content (AvgIpc) is 2.92. The van der Waals surface area contributed by atoms with Crippen LogP contribution in [0.15, 0.2) is 24.5 Å². The van der Waals surface area contributed by atoms with E-state index in [1.54, 1.807) is 0 Å². The maximum absolute atomic E-state index is 13.4. The van der Waals surface area contributed by atoms with Crippen LogP contribution in [-0.2, 0) is 17.6 Å². The number of halogens is 2. The summed E-state index contributed by atoms with van der Waals surface area (Å²) in [6.45, 7) is 9.30. The summed E-state index contributed by atoms with van der Waals surface area (Å²) in [5.41, 5.74) is 3.45. The molecule has 38 heavy (non-hydrogen) atoms. The SMILES string of the molecule is Cc1c(CCCc2ccc(Cl)c(Cl)c2)ncnc1C(=O)N1CCC(N2CCC(NC(=O)C(C)C)CC2)CC1. The standard InChI is InChI=1S/C29H39Cl2N5O2/c1-19(2)28(37)34-22-9-13-35(14-10-22)23-11-15-36(16-12-23)29(38)27-20(3)26(32-18-33-27)6-4-5-21-7-8-24(30)25(31)17-21/h7-8,17-19,22-23H,4-6,9-16H2,1-3H3,(H,34,37). The van der Waals surface area contributed by atoms with Crippen LogP contribution in [0.25, 0.3) is 0 Å². The number of amides is 2. The van der Waals surface area contributed by atoms with Crippen molar-refractivity contribution >= 4 is 35.0 Å². The second-order valence-electron chi connectivity index (χ2n) is 10.9. The maximum Gasteiger partial charge on any atom is 0.272 e. The monoisotopic (exact) mass is 559 g/mol. The Morgan fingerprint density at radius 1 is 1.00 bits per heavy atom. The Morgan fingerprint density at radius 2 is 1.71 bits per heavy atom. The number of benzene rings is 1. The number of hydrogen-bond donors (Lipinski definition) is 1. The van der Waals surface area contributed by atoms with E-state index < -0.39 is 0 Å². The molecule has 1 N–H and O–H groups in total. The fourth-order valence-corrected chi connectivity index (χ4v) is 5.79. The summed E-state index contributed by atoms with van der Waals surface area (Å²) in [5, 5.41) is 4.31. The quantitative estimate of drug-likeness (QED) is 0.486. The molecule has 9 heteroatoms. The predicted octanol–water partition coefficient (Wildman–Crippen LogP) is 5.11. The first-order valence-corrected chi connectivity index (χ1v) is 14.6. The fourth-order valence-electron chi connectivity index (χ4n) is 5.47. The molecule has 0 saturated carbocycles. The van der Waals surface area contributed by atoms with E-state index in [0.29, 0.717) is 21.8 Å². The number of hydrogen-bond acceptors (Lipinski definition) is 5. The zero-order valence-corrected chi connectivity index (χ0v) is 24.2. The van der Waals surface area contributed by atoms with E-state index in [9.17, 15) is 9.59 Å². The van der Waals surface area contributed by atoms with E-state index in [-0.39, 0.29) is 23.8 Å². The smallest absolute Gasteiger partial charge is 0.272 e. The van der Waals surface area contributed by atoms with Gasteiger partial charge in [-0.05, 0) is 69.6 Å². The van der Waals surface area contributed by atoms with Crippen molar-refractivity contribution in [2.75, 3.05) is 26.2 Å². The minimum Gasteiger partial charge on any atom is -0.353 e. The van der Waals surface area contributed by atoms with Crippen molar-refractivity contribution in [1.29, 1.82) is 0 Å². The topological polar surface area (TPSA) is 78.4 Å². The molecule has 2 saturated heterocycles. The van der Waals surface area contributed by atoms with Gasteiger partial charge in [-0.1, -0.05) is 43.1 Å². The fraction of sp³-hybridized carbons (Fsp3) is 0.586. The van der Waals surface area contributed by atoms with Gasteiger partial charge in [-0.15, -0.1) is 0 Å². The van der Waals surface area contributed by atoms with Gasteiger partial charge in [0.1, 0.15) is 12.0 Å². The van der Waals surface area contributed by atoms with Gasteiger partial charge in [0.05, 0.1) is 10.0 Å². The van der Waals surface area contributed by atoms with Gasteiger partial charge in [-0.2, -0.15) is 0 Å². The van der Waals surface area contributed by atoms with Crippen LogP contribution >= 0.6 is 23.2 Å². The Labute approximate surface area is 236 Å². The molecule has 206 valence electrons. The lowest BCUT2D eigenvalue weighted by Crippen LogP contribution is -2.52. The molecule has 2 aromatic rings. The van der Waals surface area contributed by atoms with E-state index >= 15 is 0 Å². The molecule has 0 spiro atoms. The summed E-state index contributed by atoms with van der Waals surface area (Å²) in [4.78, 5) is 38.7. The van der Waals surface area contributed by atoms with Crippen molar-refractivity contribution in [3.05, 3.63) is 57.1 Å². The normalized spacial score (nSPS) is 17.7. The molecule has 2 aliphatic heterocycles. The van der Waals surface area contributed by atoms with Crippen molar-refractivity contribution in [2.24, 2.45) is 5.92 Å². The molecule has 0 bridgehead atoms. The van der Waals surface area contributed by atoms with Gasteiger partial charge in [0.2, 0.25) is 5.91 Å². The summed E-state index contributed by atoms with van der Waals surface area (Å²) in [6.07, 6.45) is 7.96. The molecule has 4 rings (SSSR count). The highest BCUT2D eigenvalue weighted by atomic mass is 35.5. The first-order chi connectivity index (χ1) is 18.2.